The number of carbonyl (C=O) groups is 3. The van der Waals surface area contributed by atoms with Crippen LogP contribution >= 0.6 is 11.6 Å². The van der Waals surface area contributed by atoms with Crippen molar-refractivity contribution < 1.29 is 27.6 Å². The van der Waals surface area contributed by atoms with Gasteiger partial charge in [0.1, 0.15) is 0 Å². The van der Waals surface area contributed by atoms with Crippen molar-refractivity contribution in [3.8, 4) is 0 Å². The van der Waals surface area contributed by atoms with Crippen LogP contribution in [0.15, 0.2) is 48.5 Å². The van der Waals surface area contributed by atoms with Crippen molar-refractivity contribution in [2.45, 2.75) is 19.0 Å². The summed E-state index contributed by atoms with van der Waals surface area (Å²) in [6.45, 7) is 0.398. The minimum absolute atomic E-state index is 0.0612. The van der Waals surface area contributed by atoms with Gasteiger partial charge in [0.15, 0.2) is 0 Å². The lowest BCUT2D eigenvalue weighted by Gasteiger charge is -2.21. The number of amides is 3. The van der Waals surface area contributed by atoms with Gasteiger partial charge >= 0.3 is 6.18 Å². The highest BCUT2D eigenvalue weighted by atomic mass is 35.5. The molecule has 1 aliphatic rings. The predicted molar refractivity (Wildman–Crippen MR) is 118 cm³/mol. The highest BCUT2D eigenvalue weighted by Crippen LogP contribution is 2.36. The Morgan fingerprint density at radius 1 is 1.18 bits per heavy atom. The van der Waals surface area contributed by atoms with Gasteiger partial charge < -0.3 is 15.1 Å². The zero-order valence-electron chi connectivity index (χ0n) is 17.9. The maximum absolute atomic E-state index is 13.0. The Morgan fingerprint density at radius 3 is 2.55 bits per heavy atom. The van der Waals surface area contributed by atoms with Crippen LogP contribution in [0.25, 0.3) is 0 Å². The van der Waals surface area contributed by atoms with Crippen molar-refractivity contribution in [3.63, 3.8) is 0 Å². The fraction of sp³-hybridized carbons (Fsp3) is 0.348. The standard InChI is InChI=1S/C23H23ClF3N3O3/c1-29(14-20(31)28-17-7-8-19(24)18(12-17)23(25,26)27)22(33)16-11-21(32)30(13-16)10-9-15-5-3-2-4-6-15/h2-8,12,16H,9-11,13-14H2,1H3,(H,28,31)/t16-/m1/s1. The Balaban J connectivity index is 1.53. The van der Waals surface area contributed by atoms with E-state index >= 15 is 0 Å². The number of anilines is 1. The first kappa shape index (κ1) is 24.6. The molecule has 0 saturated carbocycles. The van der Waals surface area contributed by atoms with Gasteiger partial charge in [-0.05, 0) is 30.2 Å². The summed E-state index contributed by atoms with van der Waals surface area (Å²) in [7, 11) is 1.42. The van der Waals surface area contributed by atoms with Crippen molar-refractivity contribution >= 4 is 35.0 Å². The highest BCUT2D eigenvalue weighted by Gasteiger charge is 2.36. The molecule has 1 heterocycles. The van der Waals surface area contributed by atoms with Gasteiger partial charge in [-0.1, -0.05) is 41.9 Å². The lowest BCUT2D eigenvalue weighted by atomic mass is 10.1. The summed E-state index contributed by atoms with van der Waals surface area (Å²) in [5.41, 5.74) is -0.0584. The van der Waals surface area contributed by atoms with Crippen LogP contribution in [0.5, 0.6) is 0 Å². The number of rotatable bonds is 7. The number of nitrogens with zero attached hydrogens (tertiary/aromatic N) is 2. The summed E-state index contributed by atoms with van der Waals surface area (Å²) in [4.78, 5) is 40.1. The van der Waals surface area contributed by atoms with E-state index in [9.17, 15) is 27.6 Å². The molecule has 3 rings (SSSR count). The van der Waals surface area contributed by atoms with E-state index in [1.165, 1.54) is 18.0 Å². The molecule has 2 aromatic carbocycles. The van der Waals surface area contributed by atoms with E-state index in [0.29, 0.717) is 13.0 Å². The molecule has 0 bridgehead atoms. The molecule has 1 fully saturated rings. The first-order valence-corrected chi connectivity index (χ1v) is 10.7. The summed E-state index contributed by atoms with van der Waals surface area (Å²) < 4.78 is 39.0. The molecule has 1 saturated heterocycles. The number of likely N-dealkylation sites (N-methyl/N-ethyl adjacent to an activating group) is 1. The monoisotopic (exact) mass is 481 g/mol. The third-order valence-corrected chi connectivity index (χ3v) is 5.72. The van der Waals surface area contributed by atoms with Crippen LogP contribution in [0.4, 0.5) is 18.9 Å². The van der Waals surface area contributed by atoms with Crippen LogP contribution in [-0.2, 0) is 27.0 Å². The average Bonchev–Trinajstić information content (AvgIpc) is 3.13. The molecule has 10 heteroatoms. The average molecular weight is 482 g/mol. The summed E-state index contributed by atoms with van der Waals surface area (Å²) in [5.74, 6) is -1.72. The van der Waals surface area contributed by atoms with Gasteiger partial charge in [-0.3, -0.25) is 14.4 Å². The Labute approximate surface area is 194 Å². The van der Waals surface area contributed by atoms with Crippen LogP contribution in [0, 0.1) is 5.92 Å². The second-order valence-corrected chi connectivity index (χ2v) is 8.32. The van der Waals surface area contributed by atoms with Crippen LogP contribution < -0.4 is 5.32 Å². The van der Waals surface area contributed by atoms with Gasteiger partial charge in [-0.2, -0.15) is 13.2 Å². The third-order valence-electron chi connectivity index (χ3n) is 5.39. The number of hydrogen-bond donors (Lipinski definition) is 1. The zero-order chi connectivity index (χ0) is 24.2. The van der Waals surface area contributed by atoms with E-state index in [1.54, 1.807) is 4.90 Å². The molecule has 0 unspecified atom stereocenters. The fourth-order valence-electron chi connectivity index (χ4n) is 3.69. The molecule has 33 heavy (non-hydrogen) atoms. The van der Waals surface area contributed by atoms with Crippen molar-refractivity contribution in [2.24, 2.45) is 5.92 Å². The number of alkyl halides is 3. The van der Waals surface area contributed by atoms with E-state index in [-0.39, 0.29) is 37.0 Å². The smallest absolute Gasteiger partial charge is 0.342 e. The molecule has 0 aromatic heterocycles. The number of halogens is 4. The Morgan fingerprint density at radius 2 is 1.88 bits per heavy atom. The topological polar surface area (TPSA) is 69.7 Å². The summed E-state index contributed by atoms with van der Waals surface area (Å²) in [6, 6.07) is 12.7. The van der Waals surface area contributed by atoms with E-state index < -0.39 is 28.6 Å². The highest BCUT2D eigenvalue weighted by molar-refractivity contribution is 6.31. The van der Waals surface area contributed by atoms with Crippen molar-refractivity contribution in [3.05, 3.63) is 64.7 Å². The van der Waals surface area contributed by atoms with E-state index in [0.717, 1.165) is 17.7 Å². The number of nitrogens with one attached hydrogen (secondary N) is 1. The second-order valence-electron chi connectivity index (χ2n) is 7.91. The van der Waals surface area contributed by atoms with Gasteiger partial charge in [-0.25, -0.2) is 0 Å². The SMILES string of the molecule is CN(CC(=O)Nc1ccc(Cl)c(C(F)(F)F)c1)C(=O)[C@@H]1CC(=O)N(CCc2ccccc2)C1. The molecule has 1 aliphatic heterocycles. The van der Waals surface area contributed by atoms with E-state index in [1.807, 2.05) is 30.3 Å². The predicted octanol–water partition coefficient (Wildman–Crippen LogP) is 3.85. The fourth-order valence-corrected chi connectivity index (χ4v) is 3.91. The molecule has 1 atom stereocenters. The molecular formula is C23H23ClF3N3O3. The maximum atomic E-state index is 13.0. The summed E-state index contributed by atoms with van der Waals surface area (Å²) >= 11 is 5.58. The molecule has 1 N–H and O–H groups in total. The van der Waals surface area contributed by atoms with Crippen LogP contribution in [-0.4, -0.2) is 54.2 Å². The number of hydrogen-bond acceptors (Lipinski definition) is 3. The Bertz CT molecular complexity index is 1030. The largest absolute Gasteiger partial charge is 0.417 e. The molecule has 0 aliphatic carbocycles. The maximum Gasteiger partial charge on any atom is 0.417 e. The molecule has 176 valence electrons. The van der Waals surface area contributed by atoms with Crippen molar-refractivity contribution in [1.82, 2.24) is 9.80 Å². The molecule has 2 aromatic rings. The molecule has 0 radical (unpaired) electrons. The Kier molecular flexibility index (Phi) is 7.63. The number of likely N-dealkylation sites (tertiary alicyclic amines) is 1. The third kappa shape index (κ3) is 6.47. The molecule has 0 spiro atoms. The minimum atomic E-state index is -4.66. The van der Waals surface area contributed by atoms with E-state index in [2.05, 4.69) is 5.32 Å². The van der Waals surface area contributed by atoms with Gasteiger partial charge in [0.2, 0.25) is 17.7 Å². The normalized spacial score (nSPS) is 16.1. The molecular weight excluding hydrogens is 459 g/mol. The van der Waals surface area contributed by atoms with E-state index in [4.69, 9.17) is 11.6 Å². The zero-order valence-corrected chi connectivity index (χ0v) is 18.6. The second kappa shape index (κ2) is 10.2. The quantitative estimate of drug-likeness (QED) is 0.653. The lowest BCUT2D eigenvalue weighted by Crippen LogP contribution is -2.39. The Hall–Kier alpha value is -3.07. The van der Waals surface area contributed by atoms with Crippen LogP contribution in [0.1, 0.15) is 17.5 Å². The molecule has 3 amide bonds. The van der Waals surface area contributed by atoms with Crippen LogP contribution in [0.2, 0.25) is 5.02 Å². The van der Waals surface area contributed by atoms with Gasteiger partial charge in [-0.15, -0.1) is 0 Å². The van der Waals surface area contributed by atoms with Gasteiger partial charge in [0.25, 0.3) is 0 Å². The first-order valence-electron chi connectivity index (χ1n) is 10.3. The minimum Gasteiger partial charge on any atom is -0.342 e. The van der Waals surface area contributed by atoms with Gasteiger partial charge in [0.05, 0.1) is 23.0 Å². The number of benzene rings is 2. The summed E-state index contributed by atoms with van der Waals surface area (Å²) in [6.07, 6.45) is -3.93. The lowest BCUT2D eigenvalue weighted by molar-refractivity contribution is -0.137. The molecule has 6 nitrogen and oxygen atoms in total. The van der Waals surface area contributed by atoms with Gasteiger partial charge in [0, 0.05) is 32.2 Å². The number of carbonyl (C=O) groups excluding carboxylic acids is 3. The van der Waals surface area contributed by atoms with Crippen molar-refractivity contribution in [1.29, 1.82) is 0 Å². The summed E-state index contributed by atoms with van der Waals surface area (Å²) in [5, 5.41) is 1.87. The first-order chi connectivity index (χ1) is 15.5. The van der Waals surface area contributed by atoms with Crippen LogP contribution in [0.3, 0.4) is 0 Å². The van der Waals surface area contributed by atoms with Crippen molar-refractivity contribution in [2.75, 3.05) is 32.0 Å².